The summed E-state index contributed by atoms with van der Waals surface area (Å²) in [6.07, 6.45) is 7.24. The molecule has 28 heavy (non-hydrogen) atoms. The van der Waals surface area contributed by atoms with E-state index in [9.17, 15) is 19.8 Å². The van der Waals surface area contributed by atoms with Gasteiger partial charge in [0.2, 0.25) is 0 Å². The standard InChI is InChI=1S/C23H32O5/c1-13(24)28-9-7-17-19(26)11-18-16-5-4-14-10-15(25)6-8-22(14,2)21(16)20(27)12-23(17,18)3/h7,10,16,18-21,26-27H,4-6,8-9,11-12H2,1-3H3/t16-,18-,19+,20-,21+,22-,23+/m0/s1. The van der Waals surface area contributed by atoms with Gasteiger partial charge in [0.25, 0.3) is 0 Å². The molecule has 0 amide bonds. The van der Waals surface area contributed by atoms with Gasteiger partial charge in [-0.05, 0) is 78.4 Å². The number of hydrogen-bond donors (Lipinski definition) is 2. The van der Waals surface area contributed by atoms with E-state index in [4.69, 9.17) is 4.74 Å². The van der Waals surface area contributed by atoms with Crippen LogP contribution in [0.15, 0.2) is 23.3 Å². The number of fused-ring (bicyclic) bond motifs is 5. The quantitative estimate of drug-likeness (QED) is 0.561. The number of rotatable bonds is 2. The third-order valence-corrected chi connectivity index (χ3v) is 8.37. The highest BCUT2D eigenvalue weighted by Crippen LogP contribution is 2.66. The lowest BCUT2D eigenvalue weighted by molar-refractivity contribution is -0.139. The van der Waals surface area contributed by atoms with Gasteiger partial charge in [0.15, 0.2) is 5.78 Å². The maximum absolute atomic E-state index is 12.0. The van der Waals surface area contributed by atoms with Crippen LogP contribution in [0.3, 0.4) is 0 Å². The van der Waals surface area contributed by atoms with E-state index in [1.54, 1.807) is 0 Å². The summed E-state index contributed by atoms with van der Waals surface area (Å²) in [5.74, 6) is 0.654. The molecule has 0 heterocycles. The number of carbonyl (C=O) groups is 2. The largest absolute Gasteiger partial charge is 0.462 e. The molecule has 5 heteroatoms. The number of aliphatic hydroxyl groups is 2. The molecule has 0 radical (unpaired) electrons. The summed E-state index contributed by atoms with van der Waals surface area (Å²) in [4.78, 5) is 23.1. The van der Waals surface area contributed by atoms with Crippen molar-refractivity contribution in [1.82, 2.24) is 0 Å². The number of hydrogen-bond acceptors (Lipinski definition) is 5. The molecule has 0 unspecified atom stereocenters. The Labute approximate surface area is 166 Å². The van der Waals surface area contributed by atoms with E-state index in [0.29, 0.717) is 31.1 Å². The molecule has 2 N–H and O–H groups in total. The predicted octanol–water partition coefficient (Wildman–Crippen LogP) is 2.95. The summed E-state index contributed by atoms with van der Waals surface area (Å²) in [5, 5.41) is 22.1. The van der Waals surface area contributed by atoms with Crippen LogP contribution in [0, 0.1) is 28.6 Å². The van der Waals surface area contributed by atoms with Gasteiger partial charge in [-0.15, -0.1) is 0 Å². The van der Waals surface area contributed by atoms with Gasteiger partial charge in [-0.1, -0.05) is 19.4 Å². The van der Waals surface area contributed by atoms with Crippen molar-refractivity contribution >= 4 is 11.8 Å². The zero-order valence-electron chi connectivity index (χ0n) is 17.1. The van der Waals surface area contributed by atoms with Crippen molar-refractivity contribution < 1.29 is 24.5 Å². The van der Waals surface area contributed by atoms with Gasteiger partial charge < -0.3 is 14.9 Å². The Morgan fingerprint density at radius 2 is 2.04 bits per heavy atom. The molecule has 0 aromatic rings. The van der Waals surface area contributed by atoms with Crippen LogP contribution in [-0.2, 0) is 14.3 Å². The molecule has 4 aliphatic rings. The van der Waals surface area contributed by atoms with Crippen molar-refractivity contribution in [3.63, 3.8) is 0 Å². The summed E-state index contributed by atoms with van der Waals surface area (Å²) in [6, 6.07) is 0. The van der Waals surface area contributed by atoms with E-state index in [2.05, 4.69) is 13.8 Å². The van der Waals surface area contributed by atoms with Crippen molar-refractivity contribution in [1.29, 1.82) is 0 Å². The second-order valence-corrected chi connectivity index (χ2v) is 9.79. The average molecular weight is 389 g/mol. The first kappa shape index (κ1) is 19.8. The smallest absolute Gasteiger partial charge is 0.302 e. The maximum atomic E-state index is 12.0. The molecule has 0 bridgehead atoms. The number of allylic oxidation sites excluding steroid dienone is 1. The van der Waals surface area contributed by atoms with Gasteiger partial charge in [0, 0.05) is 13.3 Å². The molecule has 0 saturated heterocycles. The normalized spacial score (nSPS) is 46.5. The van der Waals surface area contributed by atoms with Gasteiger partial charge in [0.1, 0.15) is 6.61 Å². The first-order valence-corrected chi connectivity index (χ1v) is 10.6. The van der Waals surface area contributed by atoms with E-state index in [1.807, 2.05) is 12.2 Å². The van der Waals surface area contributed by atoms with Crippen LogP contribution in [0.2, 0.25) is 0 Å². The van der Waals surface area contributed by atoms with Crippen molar-refractivity contribution in [2.24, 2.45) is 28.6 Å². The van der Waals surface area contributed by atoms with Crippen molar-refractivity contribution in [2.75, 3.05) is 6.61 Å². The fraction of sp³-hybridized carbons (Fsp3) is 0.739. The van der Waals surface area contributed by atoms with Gasteiger partial charge in [0.05, 0.1) is 12.2 Å². The molecule has 0 aromatic heterocycles. The minimum absolute atomic E-state index is 0.118. The highest BCUT2D eigenvalue weighted by molar-refractivity contribution is 5.91. The molecular weight excluding hydrogens is 356 g/mol. The topological polar surface area (TPSA) is 83.8 Å². The van der Waals surface area contributed by atoms with E-state index < -0.39 is 12.2 Å². The molecule has 0 aromatic carbocycles. The number of ketones is 1. The molecule has 5 nitrogen and oxygen atoms in total. The van der Waals surface area contributed by atoms with Crippen LogP contribution in [-0.4, -0.2) is 40.8 Å². The predicted molar refractivity (Wildman–Crippen MR) is 104 cm³/mol. The summed E-state index contributed by atoms with van der Waals surface area (Å²) >= 11 is 0. The van der Waals surface area contributed by atoms with Crippen molar-refractivity contribution in [3.05, 3.63) is 23.3 Å². The summed E-state index contributed by atoms with van der Waals surface area (Å²) in [7, 11) is 0. The Hall–Kier alpha value is -1.46. The first-order valence-electron chi connectivity index (χ1n) is 10.6. The van der Waals surface area contributed by atoms with E-state index in [0.717, 1.165) is 24.8 Å². The Morgan fingerprint density at radius 1 is 1.29 bits per heavy atom. The monoisotopic (exact) mass is 388 g/mol. The average Bonchev–Trinajstić information content (AvgIpc) is 2.85. The fourth-order valence-electron chi connectivity index (χ4n) is 7.17. The van der Waals surface area contributed by atoms with Crippen LogP contribution in [0.5, 0.6) is 0 Å². The van der Waals surface area contributed by atoms with Gasteiger partial charge in [-0.2, -0.15) is 0 Å². The molecule has 4 aliphatic carbocycles. The van der Waals surface area contributed by atoms with E-state index in [1.165, 1.54) is 12.5 Å². The maximum Gasteiger partial charge on any atom is 0.302 e. The Morgan fingerprint density at radius 3 is 2.75 bits per heavy atom. The molecular formula is C23H32O5. The zero-order chi connectivity index (χ0) is 20.3. The third kappa shape index (κ3) is 2.89. The van der Waals surface area contributed by atoms with Crippen LogP contribution in [0.4, 0.5) is 0 Å². The number of aliphatic hydroxyl groups excluding tert-OH is 2. The van der Waals surface area contributed by atoms with Gasteiger partial charge >= 0.3 is 5.97 Å². The SMILES string of the molecule is CC(=O)OCC=C1[C@H](O)C[C@H]2[C@@H]3CCC4=CC(=O)CC[C@]4(C)[C@H]3[C@@H](O)C[C@]12C. The number of carbonyl (C=O) groups excluding carboxylic acids is 2. The lowest BCUT2D eigenvalue weighted by Gasteiger charge is -2.59. The summed E-state index contributed by atoms with van der Waals surface area (Å²) < 4.78 is 5.08. The third-order valence-electron chi connectivity index (χ3n) is 8.37. The summed E-state index contributed by atoms with van der Waals surface area (Å²) in [6.45, 7) is 5.94. The molecule has 154 valence electrons. The lowest BCUT2D eigenvalue weighted by Crippen LogP contribution is -2.55. The van der Waals surface area contributed by atoms with Crippen LogP contribution >= 0.6 is 0 Å². The Kier molecular flexibility index (Phi) is 4.82. The van der Waals surface area contributed by atoms with Crippen LogP contribution < -0.4 is 0 Å². The van der Waals surface area contributed by atoms with Crippen molar-refractivity contribution in [2.45, 2.75) is 71.5 Å². The molecule has 0 spiro atoms. The highest BCUT2D eigenvalue weighted by atomic mass is 16.5. The van der Waals surface area contributed by atoms with Crippen LogP contribution in [0.25, 0.3) is 0 Å². The van der Waals surface area contributed by atoms with Crippen molar-refractivity contribution in [3.8, 4) is 0 Å². The fourth-order valence-corrected chi connectivity index (χ4v) is 7.17. The number of esters is 1. The second kappa shape index (κ2) is 6.81. The van der Waals surface area contributed by atoms with Gasteiger partial charge in [-0.3, -0.25) is 9.59 Å². The Balaban J connectivity index is 1.66. The molecule has 4 rings (SSSR count). The number of ether oxygens (including phenoxy) is 1. The minimum atomic E-state index is -0.547. The van der Waals surface area contributed by atoms with Gasteiger partial charge in [-0.25, -0.2) is 0 Å². The zero-order valence-corrected chi connectivity index (χ0v) is 17.1. The molecule has 7 atom stereocenters. The molecule has 3 saturated carbocycles. The lowest BCUT2D eigenvalue weighted by atomic mass is 9.46. The van der Waals surface area contributed by atoms with Crippen LogP contribution in [0.1, 0.15) is 59.3 Å². The van der Waals surface area contributed by atoms with E-state index >= 15 is 0 Å². The molecule has 0 aliphatic heterocycles. The minimum Gasteiger partial charge on any atom is -0.462 e. The second-order valence-electron chi connectivity index (χ2n) is 9.79. The first-order chi connectivity index (χ1) is 13.2. The Bertz CT molecular complexity index is 752. The highest BCUT2D eigenvalue weighted by Gasteiger charge is 2.62. The van der Waals surface area contributed by atoms with E-state index in [-0.39, 0.29) is 35.1 Å². The summed E-state index contributed by atoms with van der Waals surface area (Å²) in [5.41, 5.74) is 1.74. The molecule has 3 fully saturated rings.